The Morgan fingerprint density at radius 1 is 1.22 bits per heavy atom. The number of hydrogen-bond acceptors (Lipinski definition) is 5. The third-order valence-electron chi connectivity index (χ3n) is 3.86. The molecule has 1 heterocycles. The predicted molar refractivity (Wildman–Crippen MR) is 81.7 cm³/mol. The van der Waals surface area contributed by atoms with Crippen molar-refractivity contribution >= 4 is 11.9 Å². The minimum absolute atomic E-state index is 0.0892. The van der Waals surface area contributed by atoms with Crippen molar-refractivity contribution < 1.29 is 28.9 Å². The highest BCUT2D eigenvalue weighted by Gasteiger charge is 2.36. The van der Waals surface area contributed by atoms with E-state index in [1.807, 2.05) is 0 Å². The number of rotatable bonds is 7. The van der Waals surface area contributed by atoms with Gasteiger partial charge in [0.15, 0.2) is 6.61 Å². The van der Waals surface area contributed by atoms with Crippen molar-refractivity contribution in [2.75, 3.05) is 27.4 Å². The Bertz CT molecular complexity index is 544. The molecule has 1 saturated heterocycles. The van der Waals surface area contributed by atoms with E-state index in [-0.39, 0.29) is 31.1 Å². The highest BCUT2D eigenvalue weighted by molar-refractivity contribution is 5.79. The number of carboxylic acids is 1. The summed E-state index contributed by atoms with van der Waals surface area (Å²) < 4.78 is 15.8. The molecule has 2 rings (SSSR count). The predicted octanol–water partition coefficient (Wildman–Crippen LogP) is 1.16. The molecule has 0 radical (unpaired) electrons. The lowest BCUT2D eigenvalue weighted by Crippen LogP contribution is -2.40. The van der Waals surface area contributed by atoms with Gasteiger partial charge in [-0.1, -0.05) is 0 Å². The van der Waals surface area contributed by atoms with E-state index in [4.69, 9.17) is 19.3 Å². The van der Waals surface area contributed by atoms with Crippen molar-refractivity contribution in [2.45, 2.75) is 25.0 Å². The molecule has 1 aromatic rings. The van der Waals surface area contributed by atoms with Gasteiger partial charge in [0, 0.05) is 19.7 Å². The van der Waals surface area contributed by atoms with Crippen LogP contribution in [-0.2, 0) is 14.3 Å². The van der Waals surface area contributed by atoms with Gasteiger partial charge in [-0.25, -0.2) is 0 Å². The summed E-state index contributed by atoms with van der Waals surface area (Å²) in [5, 5.41) is 8.97. The average molecular weight is 323 g/mol. The standard InChI is InChI=1S/C16H21NO6/c1-21-12-3-5-13(6-4-12)23-10-15(18)17-9-14(22-2)7-11(17)8-16(19)20/h3-6,11,14H,7-10H2,1-2H3,(H,19,20). The maximum atomic E-state index is 12.3. The molecular weight excluding hydrogens is 302 g/mol. The van der Waals surface area contributed by atoms with Crippen LogP contribution in [0, 0.1) is 0 Å². The number of aliphatic carboxylic acids is 1. The first kappa shape index (κ1) is 17.1. The first-order valence-electron chi connectivity index (χ1n) is 7.34. The smallest absolute Gasteiger partial charge is 0.305 e. The molecule has 2 atom stereocenters. The average Bonchev–Trinajstić information content (AvgIpc) is 2.95. The summed E-state index contributed by atoms with van der Waals surface area (Å²) in [4.78, 5) is 24.8. The fraction of sp³-hybridized carbons (Fsp3) is 0.500. The van der Waals surface area contributed by atoms with Crippen molar-refractivity contribution in [3.63, 3.8) is 0 Å². The zero-order valence-corrected chi connectivity index (χ0v) is 13.2. The topological polar surface area (TPSA) is 85.3 Å². The van der Waals surface area contributed by atoms with Crippen LogP contribution in [0.25, 0.3) is 0 Å². The van der Waals surface area contributed by atoms with Gasteiger partial charge in [-0.15, -0.1) is 0 Å². The van der Waals surface area contributed by atoms with Crippen molar-refractivity contribution in [1.82, 2.24) is 4.90 Å². The van der Waals surface area contributed by atoms with Gasteiger partial charge >= 0.3 is 5.97 Å². The Morgan fingerprint density at radius 2 is 1.87 bits per heavy atom. The SMILES string of the molecule is COc1ccc(OCC(=O)N2CC(OC)CC2CC(=O)O)cc1. The third-order valence-corrected chi connectivity index (χ3v) is 3.86. The molecular formula is C16H21NO6. The molecule has 126 valence electrons. The van der Waals surface area contributed by atoms with Crippen LogP contribution < -0.4 is 9.47 Å². The molecule has 0 aliphatic carbocycles. The van der Waals surface area contributed by atoms with Crippen LogP contribution in [-0.4, -0.2) is 61.4 Å². The quantitative estimate of drug-likeness (QED) is 0.810. The highest BCUT2D eigenvalue weighted by atomic mass is 16.5. The first-order valence-corrected chi connectivity index (χ1v) is 7.34. The van der Waals surface area contributed by atoms with E-state index in [9.17, 15) is 9.59 Å². The van der Waals surface area contributed by atoms with E-state index >= 15 is 0 Å². The monoisotopic (exact) mass is 323 g/mol. The Kier molecular flexibility index (Phi) is 5.81. The molecule has 1 amide bonds. The second-order valence-corrected chi connectivity index (χ2v) is 5.36. The van der Waals surface area contributed by atoms with E-state index in [1.165, 1.54) is 4.90 Å². The van der Waals surface area contributed by atoms with E-state index in [0.29, 0.717) is 24.5 Å². The van der Waals surface area contributed by atoms with Crippen molar-refractivity contribution in [1.29, 1.82) is 0 Å². The maximum Gasteiger partial charge on any atom is 0.305 e. The minimum Gasteiger partial charge on any atom is -0.497 e. The summed E-state index contributed by atoms with van der Waals surface area (Å²) in [6.07, 6.45) is 0.301. The summed E-state index contributed by atoms with van der Waals surface area (Å²) >= 11 is 0. The summed E-state index contributed by atoms with van der Waals surface area (Å²) in [5.74, 6) is 0.0799. The van der Waals surface area contributed by atoms with Crippen molar-refractivity contribution in [2.24, 2.45) is 0 Å². The van der Waals surface area contributed by atoms with Crippen LogP contribution in [0.15, 0.2) is 24.3 Å². The second-order valence-electron chi connectivity index (χ2n) is 5.36. The molecule has 1 aromatic carbocycles. The number of carboxylic acid groups (broad SMARTS) is 1. The number of nitrogens with zero attached hydrogens (tertiary/aromatic N) is 1. The Hall–Kier alpha value is -2.28. The fourth-order valence-corrected chi connectivity index (χ4v) is 2.64. The van der Waals surface area contributed by atoms with Crippen LogP contribution in [0.2, 0.25) is 0 Å². The number of carbonyl (C=O) groups is 2. The van der Waals surface area contributed by atoms with Crippen LogP contribution in [0.1, 0.15) is 12.8 Å². The Labute approximate surface area is 134 Å². The normalized spacial score (nSPS) is 20.3. The van der Waals surface area contributed by atoms with Crippen molar-refractivity contribution in [3.8, 4) is 11.5 Å². The van der Waals surface area contributed by atoms with Gasteiger partial charge < -0.3 is 24.2 Å². The molecule has 1 N–H and O–H groups in total. The first-order chi connectivity index (χ1) is 11.0. The number of carbonyl (C=O) groups excluding carboxylic acids is 1. The van der Waals surface area contributed by atoms with Crippen LogP contribution >= 0.6 is 0 Å². The van der Waals surface area contributed by atoms with Gasteiger partial charge in [-0.3, -0.25) is 9.59 Å². The molecule has 0 aromatic heterocycles. The zero-order chi connectivity index (χ0) is 16.8. The molecule has 0 bridgehead atoms. The maximum absolute atomic E-state index is 12.3. The summed E-state index contributed by atoms with van der Waals surface area (Å²) in [6.45, 7) is 0.248. The lowest BCUT2D eigenvalue weighted by Gasteiger charge is -2.23. The molecule has 1 aliphatic rings. The van der Waals surface area contributed by atoms with Gasteiger partial charge in [0.1, 0.15) is 11.5 Å². The molecule has 2 unspecified atom stereocenters. The molecule has 0 spiro atoms. The van der Waals surface area contributed by atoms with E-state index < -0.39 is 5.97 Å². The van der Waals surface area contributed by atoms with Gasteiger partial charge in [0.05, 0.1) is 19.6 Å². The third kappa shape index (κ3) is 4.59. The number of amides is 1. The minimum atomic E-state index is -0.930. The second kappa shape index (κ2) is 7.82. The van der Waals surface area contributed by atoms with Gasteiger partial charge in [0.25, 0.3) is 5.91 Å². The summed E-state index contributed by atoms with van der Waals surface area (Å²) in [6, 6.07) is 6.55. The number of hydrogen-bond donors (Lipinski definition) is 1. The van der Waals surface area contributed by atoms with Crippen LogP contribution in [0.3, 0.4) is 0 Å². The molecule has 23 heavy (non-hydrogen) atoms. The number of ether oxygens (including phenoxy) is 3. The molecule has 7 heteroatoms. The number of benzene rings is 1. The lowest BCUT2D eigenvalue weighted by molar-refractivity contribution is -0.140. The van der Waals surface area contributed by atoms with E-state index in [1.54, 1.807) is 38.5 Å². The van der Waals surface area contributed by atoms with Crippen LogP contribution in [0.4, 0.5) is 0 Å². The number of likely N-dealkylation sites (tertiary alicyclic amines) is 1. The van der Waals surface area contributed by atoms with Crippen LogP contribution in [0.5, 0.6) is 11.5 Å². The summed E-state index contributed by atoms with van der Waals surface area (Å²) in [7, 11) is 3.13. The van der Waals surface area contributed by atoms with Gasteiger partial charge in [-0.05, 0) is 30.7 Å². The molecule has 7 nitrogen and oxygen atoms in total. The van der Waals surface area contributed by atoms with E-state index in [2.05, 4.69) is 0 Å². The molecule has 1 aliphatic heterocycles. The molecule has 0 saturated carbocycles. The Morgan fingerprint density at radius 3 is 2.43 bits per heavy atom. The van der Waals surface area contributed by atoms with Crippen molar-refractivity contribution in [3.05, 3.63) is 24.3 Å². The largest absolute Gasteiger partial charge is 0.497 e. The van der Waals surface area contributed by atoms with Gasteiger partial charge in [0.2, 0.25) is 0 Å². The zero-order valence-electron chi connectivity index (χ0n) is 13.2. The molecule has 1 fully saturated rings. The lowest BCUT2D eigenvalue weighted by atomic mass is 10.1. The summed E-state index contributed by atoms with van der Waals surface area (Å²) in [5.41, 5.74) is 0. The highest BCUT2D eigenvalue weighted by Crippen LogP contribution is 2.23. The fourth-order valence-electron chi connectivity index (χ4n) is 2.64. The number of methoxy groups -OCH3 is 2. The van der Waals surface area contributed by atoms with E-state index in [0.717, 1.165) is 0 Å². The Balaban J connectivity index is 1.93. The van der Waals surface area contributed by atoms with Gasteiger partial charge in [-0.2, -0.15) is 0 Å².